The summed E-state index contributed by atoms with van der Waals surface area (Å²) >= 11 is 0. The SMILES string of the molecule is Cc1ccc(N2C(c3ccccc3)=COC2c2ccccc2)cc1F. The van der Waals surface area contributed by atoms with E-state index in [9.17, 15) is 4.39 Å². The largest absolute Gasteiger partial charge is 0.471 e. The molecule has 1 aliphatic heterocycles. The standard InChI is InChI=1S/C22H18FNO/c1-16-12-13-19(14-20(16)23)24-21(17-8-4-2-5-9-17)15-25-22(24)18-10-6-3-7-11-18/h2-15,22H,1H3. The first-order valence-electron chi connectivity index (χ1n) is 8.25. The molecule has 0 saturated carbocycles. The first kappa shape index (κ1) is 15.5. The predicted molar refractivity (Wildman–Crippen MR) is 98.3 cm³/mol. The van der Waals surface area contributed by atoms with Crippen LogP contribution in [0.3, 0.4) is 0 Å². The molecule has 25 heavy (non-hydrogen) atoms. The normalized spacial score (nSPS) is 16.5. The van der Waals surface area contributed by atoms with Gasteiger partial charge in [0.25, 0.3) is 0 Å². The number of aryl methyl sites for hydroxylation is 1. The van der Waals surface area contributed by atoms with Crippen LogP contribution in [0.4, 0.5) is 10.1 Å². The number of ether oxygens (including phenoxy) is 1. The molecule has 1 aliphatic rings. The molecule has 0 aromatic heterocycles. The van der Waals surface area contributed by atoms with Gasteiger partial charge in [-0.1, -0.05) is 66.7 Å². The third-order valence-corrected chi connectivity index (χ3v) is 4.39. The van der Waals surface area contributed by atoms with Crippen molar-refractivity contribution in [1.29, 1.82) is 0 Å². The van der Waals surface area contributed by atoms with E-state index in [2.05, 4.69) is 0 Å². The molecule has 3 aromatic carbocycles. The quantitative estimate of drug-likeness (QED) is 0.613. The Morgan fingerprint density at radius 3 is 2.24 bits per heavy atom. The fraction of sp³-hybridized carbons (Fsp3) is 0.0909. The lowest BCUT2D eigenvalue weighted by molar-refractivity contribution is 0.174. The maximum absolute atomic E-state index is 14.2. The van der Waals surface area contributed by atoms with Crippen molar-refractivity contribution in [3.63, 3.8) is 0 Å². The number of anilines is 1. The van der Waals surface area contributed by atoms with E-state index < -0.39 is 0 Å². The molecule has 2 nitrogen and oxygen atoms in total. The van der Waals surface area contributed by atoms with Crippen molar-refractivity contribution in [3.8, 4) is 0 Å². The van der Waals surface area contributed by atoms with Crippen LogP contribution in [0.15, 0.2) is 85.1 Å². The molecular weight excluding hydrogens is 313 g/mol. The van der Waals surface area contributed by atoms with Gasteiger partial charge in [0.05, 0.1) is 5.70 Å². The van der Waals surface area contributed by atoms with Gasteiger partial charge in [0.1, 0.15) is 12.1 Å². The minimum absolute atomic E-state index is 0.219. The lowest BCUT2D eigenvalue weighted by atomic mass is 10.1. The maximum Gasteiger partial charge on any atom is 0.202 e. The highest BCUT2D eigenvalue weighted by Gasteiger charge is 2.31. The lowest BCUT2D eigenvalue weighted by Gasteiger charge is -2.28. The summed E-state index contributed by atoms with van der Waals surface area (Å²) in [5, 5.41) is 0. The molecule has 1 unspecified atom stereocenters. The van der Waals surface area contributed by atoms with Gasteiger partial charge in [0.2, 0.25) is 6.23 Å². The number of rotatable bonds is 3. The van der Waals surface area contributed by atoms with Crippen molar-refractivity contribution in [2.75, 3.05) is 4.90 Å². The fourth-order valence-corrected chi connectivity index (χ4v) is 3.04. The summed E-state index contributed by atoms with van der Waals surface area (Å²) in [4.78, 5) is 2.03. The van der Waals surface area contributed by atoms with Crippen LogP contribution >= 0.6 is 0 Å². The zero-order chi connectivity index (χ0) is 17.2. The number of hydrogen-bond donors (Lipinski definition) is 0. The summed E-state index contributed by atoms with van der Waals surface area (Å²) in [7, 11) is 0. The number of hydrogen-bond acceptors (Lipinski definition) is 2. The van der Waals surface area contributed by atoms with Gasteiger partial charge in [-0.25, -0.2) is 4.39 Å². The molecule has 4 rings (SSSR count). The van der Waals surface area contributed by atoms with Crippen molar-refractivity contribution in [3.05, 3.63) is 108 Å². The van der Waals surface area contributed by atoms with Gasteiger partial charge in [-0.2, -0.15) is 0 Å². The van der Waals surface area contributed by atoms with Crippen molar-refractivity contribution in [1.82, 2.24) is 0 Å². The van der Waals surface area contributed by atoms with Crippen molar-refractivity contribution in [2.24, 2.45) is 0 Å². The third-order valence-electron chi connectivity index (χ3n) is 4.39. The van der Waals surface area contributed by atoms with Gasteiger partial charge < -0.3 is 4.74 Å². The van der Waals surface area contributed by atoms with Crippen LogP contribution in [-0.2, 0) is 4.74 Å². The summed E-state index contributed by atoms with van der Waals surface area (Å²) in [6.45, 7) is 1.77. The Bertz CT molecular complexity index is 906. The molecule has 1 atom stereocenters. The van der Waals surface area contributed by atoms with E-state index >= 15 is 0 Å². The summed E-state index contributed by atoms with van der Waals surface area (Å²) in [6.07, 6.45) is 1.43. The molecule has 0 N–H and O–H groups in total. The smallest absolute Gasteiger partial charge is 0.202 e. The van der Waals surface area contributed by atoms with E-state index in [4.69, 9.17) is 4.74 Å². The van der Waals surface area contributed by atoms with Gasteiger partial charge in [-0.3, -0.25) is 4.90 Å². The van der Waals surface area contributed by atoms with Crippen molar-refractivity contribution in [2.45, 2.75) is 13.2 Å². The van der Waals surface area contributed by atoms with Gasteiger partial charge in [0.15, 0.2) is 0 Å². The fourth-order valence-electron chi connectivity index (χ4n) is 3.04. The van der Waals surface area contributed by atoms with E-state index in [1.165, 1.54) is 0 Å². The molecule has 3 heteroatoms. The highest BCUT2D eigenvalue weighted by atomic mass is 19.1. The minimum Gasteiger partial charge on any atom is -0.471 e. The highest BCUT2D eigenvalue weighted by molar-refractivity contribution is 5.81. The molecule has 0 radical (unpaired) electrons. The Balaban J connectivity index is 1.81. The molecule has 0 amide bonds. The summed E-state index contributed by atoms with van der Waals surface area (Å²) < 4.78 is 20.2. The minimum atomic E-state index is -0.321. The average Bonchev–Trinajstić information content (AvgIpc) is 3.10. The summed E-state index contributed by atoms with van der Waals surface area (Å²) in [6, 6.07) is 25.3. The van der Waals surface area contributed by atoms with E-state index in [0.717, 1.165) is 22.5 Å². The van der Waals surface area contributed by atoms with Gasteiger partial charge in [-0.15, -0.1) is 0 Å². The Hall–Kier alpha value is -3.07. The molecule has 0 bridgehead atoms. The summed E-state index contributed by atoms with van der Waals surface area (Å²) in [5.74, 6) is -0.219. The van der Waals surface area contributed by atoms with E-state index in [-0.39, 0.29) is 12.0 Å². The van der Waals surface area contributed by atoms with Crippen LogP contribution < -0.4 is 4.90 Å². The third kappa shape index (κ3) is 2.89. The zero-order valence-electron chi connectivity index (χ0n) is 13.9. The first-order chi connectivity index (χ1) is 12.2. The van der Waals surface area contributed by atoms with E-state index in [1.807, 2.05) is 71.6 Å². The number of halogens is 1. The van der Waals surface area contributed by atoms with E-state index in [0.29, 0.717) is 5.56 Å². The van der Waals surface area contributed by atoms with Crippen molar-refractivity contribution >= 4 is 11.4 Å². The first-order valence-corrected chi connectivity index (χ1v) is 8.25. The monoisotopic (exact) mass is 331 g/mol. The zero-order valence-corrected chi connectivity index (χ0v) is 13.9. The van der Waals surface area contributed by atoms with Gasteiger partial charge >= 0.3 is 0 Å². The van der Waals surface area contributed by atoms with Gasteiger partial charge in [-0.05, 0) is 24.6 Å². The topological polar surface area (TPSA) is 12.5 Å². The Kier molecular flexibility index (Phi) is 3.98. The van der Waals surface area contributed by atoms with Gasteiger partial charge in [0, 0.05) is 16.8 Å². The Morgan fingerprint density at radius 1 is 0.880 bits per heavy atom. The van der Waals surface area contributed by atoms with Crippen LogP contribution in [0.25, 0.3) is 5.70 Å². The molecule has 0 spiro atoms. The molecule has 3 aromatic rings. The molecule has 0 fully saturated rings. The Labute approximate surface area is 146 Å². The molecule has 0 saturated heterocycles. The second-order valence-electron chi connectivity index (χ2n) is 6.07. The Morgan fingerprint density at radius 2 is 1.56 bits per heavy atom. The average molecular weight is 331 g/mol. The molecular formula is C22H18FNO. The number of nitrogens with zero attached hydrogens (tertiary/aromatic N) is 1. The lowest BCUT2D eigenvalue weighted by Crippen LogP contribution is -2.23. The molecule has 124 valence electrons. The molecule has 0 aliphatic carbocycles. The second-order valence-corrected chi connectivity index (χ2v) is 6.07. The van der Waals surface area contributed by atoms with Crippen LogP contribution in [-0.4, -0.2) is 0 Å². The maximum atomic E-state index is 14.2. The van der Waals surface area contributed by atoms with E-state index in [1.54, 1.807) is 25.3 Å². The van der Waals surface area contributed by atoms with Crippen LogP contribution in [0.1, 0.15) is 22.9 Å². The second kappa shape index (κ2) is 6.44. The summed E-state index contributed by atoms with van der Waals surface area (Å²) in [5.41, 5.74) is 4.36. The predicted octanol–water partition coefficient (Wildman–Crippen LogP) is 5.67. The van der Waals surface area contributed by atoms with Crippen LogP contribution in [0.5, 0.6) is 0 Å². The van der Waals surface area contributed by atoms with Crippen LogP contribution in [0, 0.1) is 12.7 Å². The van der Waals surface area contributed by atoms with Crippen LogP contribution in [0.2, 0.25) is 0 Å². The number of benzene rings is 3. The highest BCUT2D eigenvalue weighted by Crippen LogP contribution is 2.41. The van der Waals surface area contributed by atoms with Crippen molar-refractivity contribution < 1.29 is 9.13 Å². The molecule has 1 heterocycles.